The summed E-state index contributed by atoms with van der Waals surface area (Å²) in [6, 6.07) is 7.90. The largest absolute Gasteiger partial charge is 0.344 e. The average molecular weight is 935 g/mol. The molecule has 1 fully saturated rings. The lowest BCUT2D eigenvalue weighted by atomic mass is 10.0. The molecule has 0 bridgehead atoms. The van der Waals surface area contributed by atoms with Gasteiger partial charge >= 0.3 is 0 Å². The molecule has 24 heteroatoms. The van der Waals surface area contributed by atoms with Gasteiger partial charge in [0.1, 0.15) is 41.9 Å². The van der Waals surface area contributed by atoms with Gasteiger partial charge in [0.05, 0.1) is 55.2 Å². The predicted molar refractivity (Wildman–Crippen MR) is 216 cm³/mol. The van der Waals surface area contributed by atoms with E-state index in [1.807, 2.05) is 0 Å². The van der Waals surface area contributed by atoms with Gasteiger partial charge in [-0.05, 0) is 67.8 Å². The van der Waals surface area contributed by atoms with Gasteiger partial charge in [-0.1, -0.05) is 17.7 Å². The molecule has 64 heavy (non-hydrogen) atoms. The second kappa shape index (κ2) is 17.2. The van der Waals surface area contributed by atoms with Crippen molar-refractivity contribution in [3.8, 4) is 16.9 Å². The smallest absolute Gasteiger partial charge is 0.282 e. The summed E-state index contributed by atoms with van der Waals surface area (Å²) in [6.07, 6.45) is -6.82. The summed E-state index contributed by atoms with van der Waals surface area (Å²) in [5, 5.41) is 8.82. The first-order valence-electron chi connectivity index (χ1n) is 19.1. The van der Waals surface area contributed by atoms with Crippen LogP contribution in [-0.4, -0.2) is 65.1 Å². The second-order valence-corrected chi connectivity index (χ2v) is 17.1. The number of carbonyl (C=O) groups excluding carboxylic acids is 1. The van der Waals surface area contributed by atoms with Crippen molar-refractivity contribution in [2.45, 2.75) is 69.8 Å². The van der Waals surface area contributed by atoms with Gasteiger partial charge in [0.25, 0.3) is 24.8 Å². The molecular weight excluding hydrogens is 904 g/mol. The number of rotatable bonds is 15. The molecule has 8 rings (SSSR count). The molecule has 0 radical (unpaired) electrons. The summed E-state index contributed by atoms with van der Waals surface area (Å²) in [7, 11) is -4.09. The van der Waals surface area contributed by atoms with Crippen LogP contribution in [0.25, 0.3) is 38.8 Å². The number of nitrogens with zero attached hydrogens (tertiary/aromatic N) is 8. The Morgan fingerprint density at radius 3 is 2.28 bits per heavy atom. The van der Waals surface area contributed by atoms with Gasteiger partial charge in [0.2, 0.25) is 15.9 Å². The van der Waals surface area contributed by atoms with Crippen LogP contribution in [0.15, 0.2) is 71.8 Å². The molecule has 1 aliphatic rings. The molecule has 4 heterocycles. The fourth-order valence-electron chi connectivity index (χ4n) is 7.29. The summed E-state index contributed by atoms with van der Waals surface area (Å²) in [4.78, 5) is 42.3. The van der Waals surface area contributed by atoms with Crippen LogP contribution in [0.2, 0.25) is 5.02 Å². The van der Waals surface area contributed by atoms with Crippen molar-refractivity contribution in [1.29, 1.82) is 0 Å². The van der Waals surface area contributed by atoms with Crippen LogP contribution >= 0.6 is 11.6 Å². The van der Waals surface area contributed by atoms with Crippen molar-refractivity contribution in [1.82, 2.24) is 44.4 Å². The molecule has 1 aliphatic carbocycles. The molecule has 0 unspecified atom stereocenters. The number of aryl methyl sites for hydroxylation is 1. The average Bonchev–Trinajstić information content (AvgIpc) is 3.92. The van der Waals surface area contributed by atoms with E-state index < -0.39 is 106 Å². The molecular formula is C40H31ClF8N10O4S. The lowest BCUT2D eigenvalue weighted by Crippen LogP contribution is -2.37. The maximum absolute atomic E-state index is 15.1. The van der Waals surface area contributed by atoms with Crippen LogP contribution in [0, 0.1) is 18.6 Å². The van der Waals surface area contributed by atoms with Crippen molar-refractivity contribution < 1.29 is 48.3 Å². The van der Waals surface area contributed by atoms with Gasteiger partial charge in [-0.25, -0.2) is 48.5 Å². The summed E-state index contributed by atoms with van der Waals surface area (Å²) in [6.45, 7) is -0.588. The van der Waals surface area contributed by atoms with Crippen LogP contribution in [-0.2, 0) is 34.3 Å². The quantitative estimate of drug-likeness (QED) is 0.0975. The van der Waals surface area contributed by atoms with E-state index >= 15 is 4.79 Å². The van der Waals surface area contributed by atoms with Crippen molar-refractivity contribution in [2.75, 3.05) is 4.72 Å². The summed E-state index contributed by atoms with van der Waals surface area (Å²) in [5.74, 6) is -4.18. The number of nitrogens with one attached hydrogen (secondary N) is 2. The molecule has 7 aromatic rings. The van der Waals surface area contributed by atoms with E-state index in [9.17, 15) is 48.3 Å². The van der Waals surface area contributed by atoms with E-state index in [4.69, 9.17) is 16.6 Å². The highest BCUT2D eigenvalue weighted by atomic mass is 35.5. The minimum absolute atomic E-state index is 0.0544. The molecule has 1 atom stereocenters. The molecule has 334 valence electrons. The number of carbonyl (C=O) groups is 1. The lowest BCUT2D eigenvalue weighted by molar-refractivity contribution is -0.122. The Kier molecular flexibility index (Phi) is 11.9. The number of alkyl halides is 6. The Hall–Kier alpha value is -6.49. The summed E-state index contributed by atoms with van der Waals surface area (Å²) >= 11 is 6.63. The normalized spacial score (nSPS) is 13.8. The third-order valence-corrected chi connectivity index (χ3v) is 12.3. The first-order valence-corrected chi connectivity index (χ1v) is 21.0. The Morgan fingerprint density at radius 2 is 1.62 bits per heavy atom. The number of hydrogen-bond donors (Lipinski definition) is 2. The molecule has 14 nitrogen and oxygen atoms in total. The van der Waals surface area contributed by atoms with Crippen LogP contribution in [0.4, 0.5) is 40.9 Å². The fraction of sp³-hybridized carbons (Fsp3) is 0.275. The number of anilines is 1. The summed E-state index contributed by atoms with van der Waals surface area (Å²) in [5.41, 5.74) is -2.53. The van der Waals surface area contributed by atoms with Gasteiger partial charge in [-0.15, -0.1) is 0 Å². The van der Waals surface area contributed by atoms with Crippen molar-refractivity contribution in [3.63, 3.8) is 0 Å². The predicted octanol–water partition coefficient (Wildman–Crippen LogP) is 7.77. The van der Waals surface area contributed by atoms with E-state index in [-0.39, 0.29) is 38.1 Å². The van der Waals surface area contributed by atoms with E-state index in [2.05, 4.69) is 30.2 Å². The molecule has 0 spiro atoms. The number of aromatic nitrogens is 8. The number of sulfonamides is 1. The van der Waals surface area contributed by atoms with Gasteiger partial charge < -0.3 is 5.32 Å². The lowest BCUT2D eigenvalue weighted by Gasteiger charge is -2.24. The molecule has 3 aromatic carbocycles. The monoisotopic (exact) mass is 934 g/mol. The number of fused-ring (bicyclic) bond motifs is 2. The zero-order valence-corrected chi connectivity index (χ0v) is 34.4. The number of hydrogen-bond acceptors (Lipinski definition) is 9. The Morgan fingerprint density at radius 1 is 0.906 bits per heavy atom. The molecule has 1 saturated carbocycles. The van der Waals surface area contributed by atoms with Crippen LogP contribution < -0.4 is 15.6 Å². The van der Waals surface area contributed by atoms with E-state index in [1.165, 1.54) is 42.7 Å². The minimum atomic E-state index is -4.09. The van der Waals surface area contributed by atoms with Crippen LogP contribution in [0.3, 0.4) is 0 Å². The number of halogens is 9. The maximum Gasteiger partial charge on any atom is 0.282 e. The van der Waals surface area contributed by atoms with E-state index in [0.29, 0.717) is 46.6 Å². The van der Waals surface area contributed by atoms with Crippen LogP contribution in [0.5, 0.6) is 0 Å². The van der Waals surface area contributed by atoms with Gasteiger partial charge in [-0.2, -0.15) is 10.2 Å². The zero-order chi connectivity index (χ0) is 45.8. The zero-order valence-electron chi connectivity index (χ0n) is 32.8. The molecule has 4 aromatic heterocycles. The third-order valence-electron chi connectivity index (χ3n) is 10.2. The highest BCUT2D eigenvalue weighted by Gasteiger charge is 2.37. The van der Waals surface area contributed by atoms with Gasteiger partial charge in [-0.3, -0.25) is 38.2 Å². The van der Waals surface area contributed by atoms with Crippen molar-refractivity contribution in [2.24, 2.45) is 0 Å². The Balaban J connectivity index is 1.39. The van der Waals surface area contributed by atoms with Gasteiger partial charge in [0.15, 0.2) is 5.82 Å². The first kappa shape index (κ1) is 44.1. The SMILES string of the molecule is Cc1nccnc1-c1ccc2c(=O)n(-c3ccc(Cl)c4c(NS(=O)(=O)C5CC5)nn(CC(F)F)c34)c([C@H](Cc3cc(F)cc(F)c3)NC(=O)Cn3nc(C(F)F)cc3C(F)F)nc2c1. The molecule has 0 saturated heterocycles. The number of benzene rings is 3. The van der Waals surface area contributed by atoms with E-state index in [0.717, 1.165) is 21.4 Å². The van der Waals surface area contributed by atoms with Crippen LogP contribution in [0.1, 0.15) is 60.2 Å². The topological polar surface area (TPSA) is 172 Å². The van der Waals surface area contributed by atoms with E-state index in [1.54, 1.807) is 6.92 Å². The molecule has 0 aliphatic heterocycles. The molecule has 1 amide bonds. The fourth-order valence-corrected chi connectivity index (χ4v) is 8.87. The Labute approximate surface area is 361 Å². The Bertz CT molecular complexity index is 3120. The number of amides is 1. The highest BCUT2D eigenvalue weighted by Crippen LogP contribution is 2.38. The third kappa shape index (κ3) is 8.85. The van der Waals surface area contributed by atoms with Crippen molar-refractivity contribution in [3.05, 3.63) is 122 Å². The standard InChI is InChI=1S/C40H31ClF8N10O4S/c1-18-34(51-9-8-50-18)20-2-5-24-26(13-20)53-39(28(12-19-10-21(42)14-22(43)11-19)52-32(60)17-57-30(37(48)49)15-27(54-57)36(46)47)59(40(24)61)29-7-6-25(41)33-35(29)58(16-31(44)45)55-38(33)56-64(62,63)23-3-4-23/h2,5-11,13-15,23,28,31,36-37H,3-4,12,16-17H2,1H3,(H,52,60)(H,55,56)/t28-/m0/s1. The highest BCUT2D eigenvalue weighted by molar-refractivity contribution is 7.93. The first-order chi connectivity index (χ1) is 30.4. The minimum Gasteiger partial charge on any atom is -0.344 e. The molecule has 2 N–H and O–H groups in total. The maximum atomic E-state index is 15.1. The second-order valence-electron chi connectivity index (χ2n) is 14.7. The van der Waals surface area contributed by atoms with Crippen molar-refractivity contribution >= 4 is 55.2 Å². The summed E-state index contributed by atoms with van der Waals surface area (Å²) < 4.78 is 144. The van der Waals surface area contributed by atoms with Gasteiger partial charge in [0, 0.05) is 30.4 Å².